The van der Waals surface area contributed by atoms with Crippen LogP contribution in [0, 0.1) is 12.8 Å². The summed E-state index contributed by atoms with van der Waals surface area (Å²) in [5.74, 6) is 0.246. The van der Waals surface area contributed by atoms with E-state index < -0.39 is 10.0 Å². The lowest BCUT2D eigenvalue weighted by molar-refractivity contribution is -0.0956. The summed E-state index contributed by atoms with van der Waals surface area (Å²) in [5, 5.41) is 0. The number of benzene rings is 1. The van der Waals surface area contributed by atoms with Gasteiger partial charge < -0.3 is 14.4 Å². The molecule has 2 fully saturated rings. The molecule has 1 amide bonds. The number of amides is 1. The highest BCUT2D eigenvalue weighted by atomic mass is 32.2. The van der Waals surface area contributed by atoms with E-state index in [-0.39, 0.29) is 12.2 Å². The molecule has 0 bridgehead atoms. The van der Waals surface area contributed by atoms with Gasteiger partial charge in [0.2, 0.25) is 10.0 Å². The minimum Gasteiger partial charge on any atom is -0.350 e. The number of likely N-dealkylation sites (tertiary alicyclic amines) is 1. The van der Waals surface area contributed by atoms with Crippen LogP contribution in [-0.4, -0.2) is 58.1 Å². The Morgan fingerprint density at radius 1 is 1.20 bits per heavy atom. The Morgan fingerprint density at radius 3 is 2.44 bits per heavy atom. The molecule has 0 radical (unpaired) electrons. The van der Waals surface area contributed by atoms with E-state index in [0.717, 1.165) is 24.7 Å². The van der Waals surface area contributed by atoms with Gasteiger partial charge in [-0.05, 0) is 37.5 Å². The van der Waals surface area contributed by atoms with E-state index in [9.17, 15) is 13.2 Å². The molecular formula is C17H24N2O5S. The van der Waals surface area contributed by atoms with Crippen molar-refractivity contribution in [2.45, 2.75) is 26.1 Å². The first-order valence-electron chi connectivity index (χ1n) is 8.44. The third-order valence-corrected chi connectivity index (χ3v) is 5.23. The van der Waals surface area contributed by atoms with E-state index in [1.807, 2.05) is 0 Å². The molecule has 1 aromatic carbocycles. The monoisotopic (exact) mass is 368 g/mol. The van der Waals surface area contributed by atoms with Gasteiger partial charge in [-0.1, -0.05) is 6.07 Å². The maximum absolute atomic E-state index is 12.7. The lowest BCUT2D eigenvalue weighted by atomic mass is 9.95. The molecule has 1 N–H and O–H groups in total. The van der Waals surface area contributed by atoms with Crippen LogP contribution in [0.4, 0.5) is 5.69 Å². The normalized spacial score (nSPS) is 20.0. The van der Waals surface area contributed by atoms with Crippen molar-refractivity contribution in [2.24, 2.45) is 5.92 Å². The van der Waals surface area contributed by atoms with E-state index in [2.05, 4.69) is 4.72 Å². The maximum atomic E-state index is 12.7. The van der Waals surface area contributed by atoms with E-state index in [1.165, 1.54) is 0 Å². The van der Waals surface area contributed by atoms with Crippen LogP contribution in [0.3, 0.4) is 0 Å². The molecule has 8 heteroatoms. The summed E-state index contributed by atoms with van der Waals surface area (Å²) in [5.41, 5.74) is 1.70. The molecule has 2 aliphatic heterocycles. The third-order valence-electron chi connectivity index (χ3n) is 4.64. The number of nitrogens with one attached hydrogen (secondary N) is 1. The molecule has 2 aliphatic rings. The van der Waals surface area contributed by atoms with Crippen LogP contribution in [0.15, 0.2) is 18.2 Å². The fraction of sp³-hybridized carbons (Fsp3) is 0.588. The molecule has 1 aromatic rings. The summed E-state index contributed by atoms with van der Waals surface area (Å²) in [4.78, 5) is 14.5. The van der Waals surface area contributed by atoms with Crippen LogP contribution in [0.2, 0.25) is 0 Å². The van der Waals surface area contributed by atoms with E-state index in [0.29, 0.717) is 43.5 Å². The van der Waals surface area contributed by atoms with Crippen molar-refractivity contribution in [1.82, 2.24) is 4.90 Å². The average molecular weight is 368 g/mol. The van der Waals surface area contributed by atoms with Crippen LogP contribution >= 0.6 is 0 Å². The summed E-state index contributed by atoms with van der Waals surface area (Å²) >= 11 is 0. The van der Waals surface area contributed by atoms with Gasteiger partial charge in [-0.25, -0.2) is 8.42 Å². The summed E-state index contributed by atoms with van der Waals surface area (Å²) in [7, 11) is -3.39. The highest BCUT2D eigenvalue weighted by molar-refractivity contribution is 7.92. The number of sulfonamides is 1. The fourth-order valence-electron chi connectivity index (χ4n) is 3.27. The molecule has 138 valence electrons. The zero-order valence-electron chi connectivity index (χ0n) is 14.5. The van der Waals surface area contributed by atoms with Gasteiger partial charge in [0.05, 0.1) is 25.2 Å². The van der Waals surface area contributed by atoms with Crippen molar-refractivity contribution in [3.63, 3.8) is 0 Å². The standard InChI is InChI=1S/C17H24N2O5S/c1-12-3-4-14(11-15(12)18-25(2,21)22)16(20)19-7-5-13(6-8-19)17-23-9-10-24-17/h3-4,11,13,17-18H,5-10H2,1-2H3. The molecule has 0 atom stereocenters. The average Bonchev–Trinajstić information content (AvgIpc) is 3.10. The molecule has 0 saturated carbocycles. The molecule has 0 unspecified atom stereocenters. The van der Waals surface area contributed by atoms with Crippen LogP contribution in [-0.2, 0) is 19.5 Å². The van der Waals surface area contributed by atoms with Crippen LogP contribution < -0.4 is 4.72 Å². The first kappa shape index (κ1) is 18.2. The lowest BCUT2D eigenvalue weighted by Gasteiger charge is -2.34. The summed E-state index contributed by atoms with van der Waals surface area (Å²) in [6.07, 6.45) is 2.65. The summed E-state index contributed by atoms with van der Waals surface area (Å²) in [6.45, 7) is 4.38. The first-order valence-corrected chi connectivity index (χ1v) is 10.3. The predicted molar refractivity (Wildman–Crippen MR) is 94.0 cm³/mol. The number of rotatable bonds is 4. The van der Waals surface area contributed by atoms with E-state index >= 15 is 0 Å². The maximum Gasteiger partial charge on any atom is 0.253 e. The number of piperidine rings is 1. The minimum absolute atomic E-state index is 0.0803. The number of nitrogens with zero attached hydrogens (tertiary/aromatic N) is 1. The highest BCUT2D eigenvalue weighted by Crippen LogP contribution is 2.27. The first-order chi connectivity index (χ1) is 11.8. The fourth-order valence-corrected chi connectivity index (χ4v) is 3.89. The second-order valence-corrected chi connectivity index (χ2v) is 8.39. The van der Waals surface area contributed by atoms with Gasteiger partial charge >= 0.3 is 0 Å². The van der Waals surface area contributed by atoms with Crippen molar-refractivity contribution >= 4 is 21.6 Å². The van der Waals surface area contributed by atoms with Gasteiger partial charge in [-0.15, -0.1) is 0 Å². The summed E-state index contributed by atoms with van der Waals surface area (Å²) < 4.78 is 36.5. The molecule has 2 heterocycles. The van der Waals surface area contributed by atoms with Gasteiger partial charge in [0.25, 0.3) is 5.91 Å². The van der Waals surface area contributed by atoms with Crippen LogP contribution in [0.25, 0.3) is 0 Å². The smallest absolute Gasteiger partial charge is 0.253 e. The Bertz CT molecular complexity index is 735. The van der Waals surface area contributed by atoms with Crippen LogP contribution in [0.1, 0.15) is 28.8 Å². The predicted octanol–water partition coefficient (Wildman–Crippen LogP) is 1.59. The number of aryl methyl sites for hydroxylation is 1. The van der Waals surface area contributed by atoms with Gasteiger partial charge in [0.1, 0.15) is 0 Å². The molecular weight excluding hydrogens is 344 g/mol. The molecule has 3 rings (SSSR count). The second kappa shape index (κ2) is 7.31. The van der Waals surface area contributed by atoms with Crippen LogP contribution in [0.5, 0.6) is 0 Å². The lowest BCUT2D eigenvalue weighted by Crippen LogP contribution is -2.41. The Labute approximate surface area is 148 Å². The van der Waals surface area contributed by atoms with E-state index in [1.54, 1.807) is 30.0 Å². The summed E-state index contributed by atoms with van der Waals surface area (Å²) in [6, 6.07) is 5.10. The number of anilines is 1. The Balaban J connectivity index is 1.66. The third kappa shape index (κ3) is 4.50. The number of carbonyl (C=O) groups is 1. The number of hydrogen-bond donors (Lipinski definition) is 1. The minimum atomic E-state index is -3.39. The second-order valence-electron chi connectivity index (χ2n) is 6.64. The molecule has 2 saturated heterocycles. The number of ether oxygens (including phenoxy) is 2. The number of carbonyl (C=O) groups excluding carboxylic acids is 1. The highest BCUT2D eigenvalue weighted by Gasteiger charge is 2.32. The molecule has 0 aliphatic carbocycles. The Kier molecular flexibility index (Phi) is 5.31. The van der Waals surface area contributed by atoms with Gasteiger partial charge in [0, 0.05) is 24.6 Å². The molecule has 7 nitrogen and oxygen atoms in total. The van der Waals surface area contributed by atoms with E-state index in [4.69, 9.17) is 9.47 Å². The van der Waals surface area contributed by atoms with Crippen molar-refractivity contribution in [3.8, 4) is 0 Å². The quantitative estimate of drug-likeness (QED) is 0.872. The van der Waals surface area contributed by atoms with Crippen molar-refractivity contribution in [2.75, 3.05) is 37.3 Å². The topological polar surface area (TPSA) is 84.9 Å². The van der Waals surface area contributed by atoms with Gasteiger partial charge in [0.15, 0.2) is 6.29 Å². The molecule has 0 aromatic heterocycles. The Hall–Kier alpha value is -1.64. The van der Waals surface area contributed by atoms with Crippen molar-refractivity contribution in [1.29, 1.82) is 0 Å². The SMILES string of the molecule is Cc1ccc(C(=O)N2CCC(C3OCCO3)CC2)cc1NS(C)(=O)=O. The molecule has 25 heavy (non-hydrogen) atoms. The van der Waals surface area contributed by atoms with Gasteiger partial charge in [-0.2, -0.15) is 0 Å². The zero-order chi connectivity index (χ0) is 18.0. The van der Waals surface area contributed by atoms with Gasteiger partial charge in [-0.3, -0.25) is 9.52 Å². The Morgan fingerprint density at radius 2 is 1.84 bits per heavy atom. The van der Waals surface area contributed by atoms with Crippen molar-refractivity contribution < 1.29 is 22.7 Å². The largest absolute Gasteiger partial charge is 0.350 e. The molecule has 0 spiro atoms. The number of hydrogen-bond acceptors (Lipinski definition) is 5. The van der Waals surface area contributed by atoms with Crippen molar-refractivity contribution in [3.05, 3.63) is 29.3 Å². The zero-order valence-corrected chi connectivity index (χ0v) is 15.3.